The van der Waals surface area contributed by atoms with Crippen molar-refractivity contribution >= 4 is 7.41 Å². The van der Waals surface area contributed by atoms with Crippen LogP contribution < -0.4 is 5.23 Å². The molecular formula is C3H10BN. The third-order valence-electron chi connectivity index (χ3n) is 0.500. The lowest BCUT2D eigenvalue weighted by Crippen LogP contribution is -2.09. The van der Waals surface area contributed by atoms with Crippen molar-refractivity contribution in [1.29, 1.82) is 0 Å². The highest BCUT2D eigenvalue weighted by Gasteiger charge is 1.70. The van der Waals surface area contributed by atoms with Gasteiger partial charge in [0.05, 0.1) is 0 Å². The minimum atomic E-state index is 1.14. The third kappa shape index (κ3) is 4.02. The van der Waals surface area contributed by atoms with Crippen LogP contribution in [0.5, 0.6) is 0 Å². The molecule has 0 spiro atoms. The van der Waals surface area contributed by atoms with Crippen molar-refractivity contribution in [3.8, 4) is 0 Å². The van der Waals surface area contributed by atoms with E-state index in [0.717, 1.165) is 7.41 Å². The maximum Gasteiger partial charge on any atom is 0.200 e. The first-order chi connectivity index (χ1) is 2.41. The molecule has 1 N–H and O–H groups in total. The molecule has 0 bridgehead atoms. The first-order valence-corrected chi connectivity index (χ1v) is 2.06. The fourth-order valence-electron chi connectivity index (χ4n) is 0.250. The highest BCUT2D eigenvalue weighted by Crippen LogP contribution is 1.61. The Kier molecular flexibility index (Phi) is 4.05. The van der Waals surface area contributed by atoms with E-state index in [1.165, 1.54) is 6.32 Å². The fourth-order valence-corrected chi connectivity index (χ4v) is 0.250. The van der Waals surface area contributed by atoms with E-state index >= 15 is 0 Å². The van der Waals surface area contributed by atoms with E-state index in [9.17, 15) is 0 Å². The predicted molar refractivity (Wildman–Crippen MR) is 26.7 cm³/mol. The van der Waals surface area contributed by atoms with E-state index in [0.29, 0.717) is 0 Å². The zero-order chi connectivity index (χ0) is 4.12. The molecular weight excluding hydrogens is 60.9 g/mol. The van der Waals surface area contributed by atoms with Crippen LogP contribution in [0.3, 0.4) is 0 Å². The molecule has 0 amide bonds. The van der Waals surface area contributed by atoms with E-state index in [1.54, 1.807) is 0 Å². The Bertz CT molecular complexity index is 14.4. The Morgan fingerprint density at radius 3 is 2.40 bits per heavy atom. The van der Waals surface area contributed by atoms with Crippen LogP contribution in [0.2, 0.25) is 6.32 Å². The predicted octanol–water partition coefficient (Wildman–Crippen LogP) is -0.00450. The average Bonchev–Trinajstić information content (AvgIpc) is 1.41. The van der Waals surface area contributed by atoms with E-state index < -0.39 is 0 Å². The summed E-state index contributed by atoms with van der Waals surface area (Å²) >= 11 is 0. The quantitative estimate of drug-likeness (QED) is 0.451. The summed E-state index contributed by atoms with van der Waals surface area (Å²) in [4.78, 5) is 0. The molecule has 0 fully saturated rings. The maximum absolute atomic E-state index is 3.02. The van der Waals surface area contributed by atoms with E-state index in [2.05, 4.69) is 12.2 Å². The molecule has 0 unspecified atom stereocenters. The second-order valence-corrected chi connectivity index (χ2v) is 1.10. The van der Waals surface area contributed by atoms with Gasteiger partial charge in [-0.05, 0) is 7.05 Å². The SMILES string of the molecule is CCBNC. The molecule has 0 rings (SSSR count). The monoisotopic (exact) mass is 71.1 g/mol. The molecule has 0 aliphatic carbocycles. The highest BCUT2D eigenvalue weighted by molar-refractivity contribution is 6.31. The van der Waals surface area contributed by atoms with Gasteiger partial charge in [0, 0.05) is 0 Å². The number of rotatable bonds is 2. The molecule has 0 aromatic carbocycles. The molecule has 1 nitrogen and oxygen atoms in total. The summed E-state index contributed by atoms with van der Waals surface area (Å²) in [5.41, 5.74) is 0. The van der Waals surface area contributed by atoms with Crippen LogP contribution in [0.15, 0.2) is 0 Å². The topological polar surface area (TPSA) is 12.0 Å². The van der Waals surface area contributed by atoms with Crippen LogP contribution in [0.4, 0.5) is 0 Å². The van der Waals surface area contributed by atoms with Crippen LogP contribution >= 0.6 is 0 Å². The summed E-state index contributed by atoms with van der Waals surface area (Å²) in [5, 5.41) is 3.02. The van der Waals surface area contributed by atoms with Crippen molar-refractivity contribution in [2.24, 2.45) is 0 Å². The minimum Gasteiger partial charge on any atom is -0.361 e. The van der Waals surface area contributed by atoms with Crippen LogP contribution in [-0.4, -0.2) is 14.5 Å². The average molecular weight is 70.9 g/mol. The third-order valence-corrected chi connectivity index (χ3v) is 0.500. The number of hydrogen-bond acceptors (Lipinski definition) is 1. The Morgan fingerprint density at radius 1 is 1.80 bits per heavy atom. The van der Waals surface area contributed by atoms with Crippen LogP contribution in [0, 0.1) is 0 Å². The fraction of sp³-hybridized carbons (Fsp3) is 1.00. The zero-order valence-corrected chi connectivity index (χ0v) is 3.91. The molecule has 0 aliphatic rings. The van der Waals surface area contributed by atoms with Gasteiger partial charge in [-0.15, -0.1) is 0 Å². The molecule has 0 saturated heterocycles. The first-order valence-electron chi connectivity index (χ1n) is 2.06. The summed E-state index contributed by atoms with van der Waals surface area (Å²) in [5.74, 6) is 0. The van der Waals surface area contributed by atoms with Crippen molar-refractivity contribution in [3.05, 3.63) is 0 Å². The smallest absolute Gasteiger partial charge is 0.200 e. The molecule has 2 heteroatoms. The lowest BCUT2D eigenvalue weighted by Gasteiger charge is -1.80. The van der Waals surface area contributed by atoms with Gasteiger partial charge in [0.25, 0.3) is 0 Å². The van der Waals surface area contributed by atoms with Gasteiger partial charge in [-0.3, -0.25) is 0 Å². The summed E-state index contributed by atoms with van der Waals surface area (Å²) in [6.07, 6.45) is 1.23. The number of nitrogens with one attached hydrogen (secondary N) is 1. The van der Waals surface area contributed by atoms with Gasteiger partial charge in [0.15, 0.2) is 0 Å². The second kappa shape index (κ2) is 4.02. The number of hydrogen-bond donors (Lipinski definition) is 1. The van der Waals surface area contributed by atoms with Gasteiger partial charge in [0.1, 0.15) is 0 Å². The lowest BCUT2D eigenvalue weighted by atomic mass is 9.92. The van der Waals surface area contributed by atoms with Gasteiger partial charge < -0.3 is 5.23 Å². The van der Waals surface area contributed by atoms with Gasteiger partial charge >= 0.3 is 0 Å². The Morgan fingerprint density at radius 2 is 2.40 bits per heavy atom. The van der Waals surface area contributed by atoms with E-state index in [1.807, 2.05) is 7.05 Å². The van der Waals surface area contributed by atoms with Gasteiger partial charge in [-0.1, -0.05) is 13.2 Å². The summed E-state index contributed by atoms with van der Waals surface area (Å²) in [6, 6.07) is 0. The molecule has 0 aliphatic heterocycles. The summed E-state index contributed by atoms with van der Waals surface area (Å²) < 4.78 is 0. The largest absolute Gasteiger partial charge is 0.361 e. The molecule has 0 saturated carbocycles. The molecule has 0 radical (unpaired) electrons. The molecule has 0 atom stereocenters. The van der Waals surface area contributed by atoms with Crippen molar-refractivity contribution in [2.75, 3.05) is 7.05 Å². The van der Waals surface area contributed by atoms with E-state index in [-0.39, 0.29) is 0 Å². The molecule has 0 aromatic heterocycles. The van der Waals surface area contributed by atoms with E-state index in [4.69, 9.17) is 0 Å². The lowest BCUT2D eigenvalue weighted by molar-refractivity contribution is 1.21. The van der Waals surface area contributed by atoms with Crippen LogP contribution in [0.25, 0.3) is 0 Å². The minimum absolute atomic E-state index is 1.14. The Labute approximate surface area is 34.0 Å². The molecule has 0 heterocycles. The van der Waals surface area contributed by atoms with Gasteiger partial charge in [0.2, 0.25) is 7.41 Å². The van der Waals surface area contributed by atoms with Crippen molar-refractivity contribution in [2.45, 2.75) is 13.2 Å². The van der Waals surface area contributed by atoms with Gasteiger partial charge in [-0.25, -0.2) is 0 Å². The maximum atomic E-state index is 3.02. The first kappa shape index (κ1) is 5.02. The molecule has 0 aromatic rings. The molecule has 30 valence electrons. The molecule has 5 heavy (non-hydrogen) atoms. The Balaban J connectivity index is 2.19. The summed E-state index contributed by atoms with van der Waals surface area (Å²) in [7, 11) is 3.10. The van der Waals surface area contributed by atoms with Crippen molar-refractivity contribution in [1.82, 2.24) is 5.23 Å². The zero-order valence-electron chi connectivity index (χ0n) is 3.91. The standard InChI is InChI=1S/C3H10BN/c1-3-4-5-2/h4-5H,3H2,1-2H3. The van der Waals surface area contributed by atoms with Crippen molar-refractivity contribution in [3.63, 3.8) is 0 Å². The second-order valence-electron chi connectivity index (χ2n) is 1.10. The highest BCUT2D eigenvalue weighted by atomic mass is 14.7. The van der Waals surface area contributed by atoms with Crippen LogP contribution in [0.1, 0.15) is 6.92 Å². The Hall–Kier alpha value is 0.0249. The summed E-state index contributed by atoms with van der Waals surface area (Å²) in [6.45, 7) is 2.15. The van der Waals surface area contributed by atoms with Gasteiger partial charge in [-0.2, -0.15) is 0 Å². The normalized spacial score (nSPS) is 7.60. The van der Waals surface area contributed by atoms with Crippen LogP contribution in [-0.2, 0) is 0 Å². The van der Waals surface area contributed by atoms with Crippen molar-refractivity contribution < 1.29 is 0 Å².